The lowest BCUT2D eigenvalue weighted by atomic mass is 9.80. The van der Waals surface area contributed by atoms with Crippen molar-refractivity contribution in [2.24, 2.45) is 0 Å². The van der Waals surface area contributed by atoms with Gasteiger partial charge in [-0.1, -0.05) is 81.7 Å². The molecule has 4 atom stereocenters. The van der Waals surface area contributed by atoms with Crippen LogP contribution in [0.3, 0.4) is 0 Å². The summed E-state index contributed by atoms with van der Waals surface area (Å²) in [5, 5.41) is 12.1. The summed E-state index contributed by atoms with van der Waals surface area (Å²) in [4.78, 5) is 92.6. The molecule has 2 aliphatic heterocycles. The SMILES string of the molecule is CCOC(=O)C1=C(COCCNC(=O)OCCSSCCOC(=O)NCCCC[C@H](NC(CCc2ccccc2)C(=O)OCC)C(=O)N2CCCC2C(=O)OCC)NC(C)=C(C(=O)OC)C1c1ccccc1Cl. The summed E-state index contributed by atoms with van der Waals surface area (Å²) < 4.78 is 37.5. The van der Waals surface area contributed by atoms with E-state index in [1.807, 2.05) is 30.3 Å². The van der Waals surface area contributed by atoms with Crippen molar-refractivity contribution in [3.63, 3.8) is 0 Å². The van der Waals surface area contributed by atoms with Crippen LogP contribution in [0.25, 0.3) is 0 Å². The van der Waals surface area contributed by atoms with Gasteiger partial charge in [0.05, 0.1) is 68.9 Å². The smallest absolute Gasteiger partial charge is 0.407 e. The van der Waals surface area contributed by atoms with Gasteiger partial charge in [-0.05, 0) is 89.8 Å². The lowest BCUT2D eigenvalue weighted by Gasteiger charge is -2.31. The highest BCUT2D eigenvalue weighted by atomic mass is 35.5. The molecule has 0 spiro atoms. The van der Waals surface area contributed by atoms with Crippen molar-refractivity contribution < 1.29 is 66.7 Å². The molecule has 0 bridgehead atoms. The monoisotopic (exact) mass is 1080 g/mol. The molecule has 0 aromatic heterocycles. The fourth-order valence-corrected chi connectivity index (χ4v) is 10.1. The number of alkyl carbamates (subject to hydrolysis) is 2. The molecule has 19 nitrogen and oxygen atoms in total. The lowest BCUT2D eigenvalue weighted by Crippen LogP contribution is -2.54. The Morgan fingerprint density at radius 3 is 2.07 bits per heavy atom. The molecule has 2 aliphatic rings. The Balaban J connectivity index is 1.13. The zero-order valence-corrected chi connectivity index (χ0v) is 44.7. The van der Waals surface area contributed by atoms with Gasteiger partial charge in [0.15, 0.2) is 0 Å². The Labute approximate surface area is 440 Å². The number of aryl methyl sites for hydroxylation is 1. The van der Waals surface area contributed by atoms with Crippen molar-refractivity contribution in [1.29, 1.82) is 0 Å². The molecule has 1 saturated heterocycles. The topological polar surface area (TPSA) is 235 Å². The fraction of sp³-hybridized carbons (Fsp3) is 0.549. The number of hydrogen-bond acceptors (Lipinski definition) is 18. The molecule has 1 fully saturated rings. The molecule has 22 heteroatoms. The number of hydrogen-bond donors (Lipinski definition) is 4. The standard InChI is InChI=1S/C51H70ClN5O14S2/c1-6-67-46(59)39(24-23-35-17-10-9-11-18-35)56-38(45(58)57-27-16-22-41(57)47(60)68-7-2)21-14-15-25-53-50(63)70-29-31-72-73-32-30-71-51(64)54-26-28-66-33-40-44(49(62)69-8-3)43(36-19-12-13-20-37(36)52)42(34(4)55-40)48(61)65-5/h9-13,17-20,38-39,41,43,55-56H,6-8,14-16,21-33H2,1-5H3,(H,53,63)(H,54,64)/t38-,39?,41?,43?/m0/s1. The van der Waals surface area contributed by atoms with Crippen LogP contribution in [0.5, 0.6) is 0 Å². The van der Waals surface area contributed by atoms with Gasteiger partial charge in [-0.3, -0.25) is 14.9 Å². The molecule has 3 amide bonds. The molecule has 2 heterocycles. The zero-order chi connectivity index (χ0) is 53.0. The van der Waals surface area contributed by atoms with Crippen LogP contribution >= 0.6 is 33.2 Å². The van der Waals surface area contributed by atoms with Gasteiger partial charge in [0.25, 0.3) is 0 Å². The summed E-state index contributed by atoms with van der Waals surface area (Å²) in [6, 6.07) is 14.4. The van der Waals surface area contributed by atoms with Gasteiger partial charge in [0.2, 0.25) is 5.91 Å². The van der Waals surface area contributed by atoms with Gasteiger partial charge >= 0.3 is 36.1 Å². The molecule has 402 valence electrons. The van der Waals surface area contributed by atoms with Crippen LogP contribution in [-0.2, 0) is 63.6 Å². The largest absolute Gasteiger partial charge is 0.466 e. The first kappa shape index (κ1) is 60.1. The maximum atomic E-state index is 14.1. The summed E-state index contributed by atoms with van der Waals surface area (Å²) in [5.74, 6) is -2.37. The van der Waals surface area contributed by atoms with Crippen LogP contribution in [0.15, 0.2) is 77.1 Å². The predicted octanol–water partition coefficient (Wildman–Crippen LogP) is 6.39. The van der Waals surface area contributed by atoms with Crippen LogP contribution < -0.4 is 21.3 Å². The molecule has 73 heavy (non-hydrogen) atoms. The zero-order valence-electron chi connectivity index (χ0n) is 42.3. The molecule has 0 aliphatic carbocycles. The minimum atomic E-state index is -0.888. The molecule has 0 saturated carbocycles. The lowest BCUT2D eigenvalue weighted by molar-refractivity contribution is -0.154. The van der Waals surface area contributed by atoms with E-state index in [1.54, 1.807) is 56.9 Å². The highest BCUT2D eigenvalue weighted by Crippen LogP contribution is 2.42. The van der Waals surface area contributed by atoms with E-state index in [4.69, 9.17) is 44.8 Å². The Bertz CT molecular complexity index is 2200. The van der Waals surface area contributed by atoms with Crippen molar-refractivity contribution in [3.8, 4) is 0 Å². The summed E-state index contributed by atoms with van der Waals surface area (Å²) >= 11 is 6.57. The van der Waals surface area contributed by atoms with Crippen LogP contribution in [0.1, 0.15) is 83.3 Å². The van der Waals surface area contributed by atoms with Crippen LogP contribution in [0.2, 0.25) is 5.02 Å². The van der Waals surface area contributed by atoms with Gasteiger partial charge in [-0.2, -0.15) is 0 Å². The summed E-state index contributed by atoms with van der Waals surface area (Å²) in [5.41, 5.74) is 2.76. The van der Waals surface area contributed by atoms with Gasteiger partial charge in [-0.15, -0.1) is 0 Å². The number of halogens is 1. The van der Waals surface area contributed by atoms with E-state index >= 15 is 0 Å². The highest BCUT2D eigenvalue weighted by Gasteiger charge is 2.41. The van der Waals surface area contributed by atoms with Gasteiger partial charge in [0.1, 0.15) is 25.3 Å². The second-order valence-corrected chi connectivity index (χ2v) is 19.6. The van der Waals surface area contributed by atoms with Crippen LogP contribution in [-0.4, -0.2) is 149 Å². The van der Waals surface area contributed by atoms with E-state index < -0.39 is 60.1 Å². The average molecular weight is 1080 g/mol. The van der Waals surface area contributed by atoms with Crippen LogP contribution in [0.4, 0.5) is 9.59 Å². The number of dihydropyridines is 1. The number of amides is 3. The Kier molecular flexibility index (Phi) is 27.5. The number of nitrogens with one attached hydrogen (secondary N) is 4. The van der Waals surface area contributed by atoms with E-state index in [1.165, 1.54) is 28.7 Å². The molecule has 2 aromatic rings. The Morgan fingerprint density at radius 1 is 0.753 bits per heavy atom. The fourth-order valence-electron chi connectivity index (χ4n) is 8.18. The molecule has 4 rings (SSSR count). The van der Waals surface area contributed by atoms with Gasteiger partial charge < -0.3 is 54.0 Å². The molecule has 2 aromatic carbocycles. The normalized spacial score (nSPS) is 16.2. The number of carbonyl (C=O) groups is 7. The average Bonchev–Trinajstić information content (AvgIpc) is 3.88. The first-order valence-corrected chi connectivity index (χ1v) is 27.5. The van der Waals surface area contributed by atoms with Gasteiger partial charge in [0, 0.05) is 41.9 Å². The first-order valence-electron chi connectivity index (χ1n) is 24.6. The van der Waals surface area contributed by atoms with E-state index in [2.05, 4.69) is 21.3 Å². The number of rotatable bonds is 31. The molecule has 4 N–H and O–H groups in total. The number of likely N-dealkylation sites (tertiary alicyclic amines) is 1. The minimum absolute atomic E-state index is 0.0721. The van der Waals surface area contributed by atoms with E-state index in [0.717, 1.165) is 5.56 Å². The molecular formula is C51H70ClN5O14S2. The van der Waals surface area contributed by atoms with Crippen molar-refractivity contribution in [2.75, 3.05) is 84.5 Å². The summed E-state index contributed by atoms with van der Waals surface area (Å²) in [6.45, 7) is 8.40. The van der Waals surface area contributed by atoms with Crippen molar-refractivity contribution in [3.05, 3.63) is 93.3 Å². The number of allylic oxidation sites excluding steroid dienone is 1. The predicted molar refractivity (Wildman–Crippen MR) is 277 cm³/mol. The second-order valence-electron chi connectivity index (χ2n) is 16.5. The van der Waals surface area contributed by atoms with Crippen molar-refractivity contribution in [2.45, 2.75) is 96.7 Å². The van der Waals surface area contributed by atoms with E-state index in [0.29, 0.717) is 91.5 Å². The molecule has 3 unspecified atom stereocenters. The third-order valence-electron chi connectivity index (χ3n) is 11.5. The maximum Gasteiger partial charge on any atom is 0.407 e. The quantitative estimate of drug-likeness (QED) is 0.0277. The van der Waals surface area contributed by atoms with E-state index in [-0.39, 0.29) is 69.8 Å². The number of unbranched alkanes of at least 4 members (excludes halogenated alkanes) is 1. The Morgan fingerprint density at radius 2 is 1.41 bits per heavy atom. The highest BCUT2D eigenvalue weighted by molar-refractivity contribution is 8.76. The number of carbonyl (C=O) groups excluding carboxylic acids is 7. The van der Waals surface area contributed by atoms with Gasteiger partial charge in [-0.25, -0.2) is 24.0 Å². The minimum Gasteiger partial charge on any atom is -0.466 e. The molecule has 0 radical (unpaired) electrons. The summed E-state index contributed by atoms with van der Waals surface area (Å²) in [6.07, 6.45) is 2.33. The number of nitrogens with zero attached hydrogens (tertiary/aromatic N) is 1. The third-order valence-corrected chi connectivity index (χ3v) is 14.2. The number of methoxy groups -OCH3 is 1. The maximum absolute atomic E-state index is 14.1. The van der Waals surface area contributed by atoms with Crippen LogP contribution in [0, 0.1) is 0 Å². The Hall–Kier alpha value is -5.48. The second kappa shape index (κ2) is 33.4. The number of benzene rings is 2. The number of ether oxygens (including phenoxy) is 7. The van der Waals surface area contributed by atoms with E-state index in [9.17, 15) is 33.6 Å². The first-order chi connectivity index (χ1) is 35.3. The number of esters is 4. The molecular weight excluding hydrogens is 1010 g/mol. The van der Waals surface area contributed by atoms with Crippen molar-refractivity contribution >= 4 is 75.2 Å². The summed E-state index contributed by atoms with van der Waals surface area (Å²) in [7, 11) is 4.16. The van der Waals surface area contributed by atoms with Crippen molar-refractivity contribution in [1.82, 2.24) is 26.2 Å². The third kappa shape index (κ3) is 19.7.